The van der Waals surface area contributed by atoms with Crippen LogP contribution < -0.4 is 15.1 Å². The summed E-state index contributed by atoms with van der Waals surface area (Å²) in [5.74, 6) is 0.626. The van der Waals surface area contributed by atoms with Crippen molar-refractivity contribution in [1.82, 2.24) is 9.55 Å². The van der Waals surface area contributed by atoms with Gasteiger partial charge in [0, 0.05) is 11.9 Å². The minimum atomic E-state index is -3.86. The number of anilines is 1. The number of aromatic amines is 1. The first-order valence-corrected chi connectivity index (χ1v) is 9.77. The number of para-hydroxylation sites is 2. The average molecular weight is 387 g/mol. The summed E-state index contributed by atoms with van der Waals surface area (Å²) in [4.78, 5) is 14.9. The van der Waals surface area contributed by atoms with Crippen LogP contribution in [0.4, 0.5) is 5.69 Å². The highest BCUT2D eigenvalue weighted by Crippen LogP contribution is 2.28. The van der Waals surface area contributed by atoms with E-state index in [2.05, 4.69) is 9.71 Å². The summed E-state index contributed by atoms with van der Waals surface area (Å²) in [6.45, 7) is 5.26. The number of hydrogen-bond donors (Lipinski definition) is 2. The van der Waals surface area contributed by atoms with Crippen LogP contribution >= 0.6 is 0 Å². The van der Waals surface area contributed by atoms with E-state index in [-0.39, 0.29) is 10.6 Å². The summed E-state index contributed by atoms with van der Waals surface area (Å²) < 4.78 is 35.3. The number of sulfonamides is 1. The molecule has 7 nitrogen and oxygen atoms in total. The molecule has 2 aromatic carbocycles. The Bertz CT molecular complexity index is 1160. The zero-order valence-corrected chi connectivity index (χ0v) is 16.3. The molecule has 1 heterocycles. The lowest BCUT2D eigenvalue weighted by Gasteiger charge is -2.16. The fourth-order valence-electron chi connectivity index (χ4n) is 2.98. The molecule has 2 N–H and O–H groups in total. The highest BCUT2D eigenvalue weighted by atomic mass is 32.2. The van der Waals surface area contributed by atoms with Crippen molar-refractivity contribution in [2.24, 2.45) is 0 Å². The third-order valence-electron chi connectivity index (χ3n) is 4.33. The van der Waals surface area contributed by atoms with E-state index in [4.69, 9.17) is 4.74 Å². The topological polar surface area (TPSA) is 93.2 Å². The number of imidazole rings is 1. The van der Waals surface area contributed by atoms with Crippen molar-refractivity contribution >= 4 is 15.7 Å². The number of nitrogens with zero attached hydrogens (tertiary/aromatic N) is 1. The van der Waals surface area contributed by atoms with Crippen LogP contribution in [0, 0.1) is 20.8 Å². The number of H-pyrrole nitrogens is 1. The summed E-state index contributed by atoms with van der Waals surface area (Å²) in [5, 5.41) is 0. The Kier molecular flexibility index (Phi) is 4.84. The second-order valence-electron chi connectivity index (χ2n) is 6.28. The van der Waals surface area contributed by atoms with Gasteiger partial charge in [0.25, 0.3) is 10.0 Å². The van der Waals surface area contributed by atoms with Crippen molar-refractivity contribution in [3.05, 3.63) is 69.9 Å². The van der Waals surface area contributed by atoms with Gasteiger partial charge >= 0.3 is 5.69 Å². The van der Waals surface area contributed by atoms with E-state index in [0.29, 0.717) is 28.4 Å². The zero-order valence-electron chi connectivity index (χ0n) is 15.5. The van der Waals surface area contributed by atoms with Gasteiger partial charge in [-0.15, -0.1) is 0 Å². The molecule has 3 rings (SSSR count). The summed E-state index contributed by atoms with van der Waals surface area (Å²) in [7, 11) is -2.32. The molecule has 3 aromatic rings. The standard InChI is InChI=1S/C19H21N3O4S/c1-12-10-18(13(2)9-17(12)26-4)27(24,25)21-15-7-5-6-8-16(15)22-14(3)11-20-19(22)23/h5-11,21H,1-4H3,(H,20,23). The molecular weight excluding hydrogens is 366 g/mol. The number of ether oxygens (including phenoxy) is 1. The van der Waals surface area contributed by atoms with E-state index in [1.807, 2.05) is 0 Å². The molecule has 0 bridgehead atoms. The van der Waals surface area contributed by atoms with Gasteiger partial charge in [-0.2, -0.15) is 0 Å². The summed E-state index contributed by atoms with van der Waals surface area (Å²) >= 11 is 0. The van der Waals surface area contributed by atoms with E-state index >= 15 is 0 Å². The Labute approximate surface area is 157 Å². The van der Waals surface area contributed by atoms with Crippen molar-refractivity contribution in [2.45, 2.75) is 25.7 Å². The van der Waals surface area contributed by atoms with Crippen molar-refractivity contribution in [3.8, 4) is 11.4 Å². The third kappa shape index (κ3) is 3.48. The number of hydrogen-bond acceptors (Lipinski definition) is 4. The quantitative estimate of drug-likeness (QED) is 0.704. The minimum absolute atomic E-state index is 0.161. The second-order valence-corrected chi connectivity index (χ2v) is 7.93. The first-order valence-electron chi connectivity index (χ1n) is 8.29. The lowest BCUT2D eigenvalue weighted by molar-refractivity contribution is 0.411. The van der Waals surface area contributed by atoms with Crippen LogP contribution in [-0.2, 0) is 10.0 Å². The largest absolute Gasteiger partial charge is 0.496 e. The molecule has 0 amide bonds. The maximum absolute atomic E-state index is 13.0. The number of rotatable bonds is 5. The Balaban J connectivity index is 2.09. The molecule has 0 aliphatic heterocycles. The van der Waals surface area contributed by atoms with Gasteiger partial charge in [0.2, 0.25) is 0 Å². The van der Waals surface area contributed by atoms with Gasteiger partial charge in [0.15, 0.2) is 0 Å². The molecule has 0 fully saturated rings. The maximum atomic E-state index is 13.0. The molecule has 0 aliphatic carbocycles. The fraction of sp³-hybridized carbons (Fsp3) is 0.211. The number of methoxy groups -OCH3 is 1. The van der Waals surface area contributed by atoms with Crippen LogP contribution in [0.2, 0.25) is 0 Å². The van der Waals surface area contributed by atoms with Crippen molar-refractivity contribution < 1.29 is 13.2 Å². The van der Waals surface area contributed by atoms with Crippen LogP contribution in [0.1, 0.15) is 16.8 Å². The lowest BCUT2D eigenvalue weighted by atomic mass is 10.1. The summed E-state index contributed by atoms with van der Waals surface area (Å²) in [5.41, 5.74) is 2.38. The molecule has 0 radical (unpaired) electrons. The van der Waals surface area contributed by atoms with Gasteiger partial charge < -0.3 is 9.72 Å². The maximum Gasteiger partial charge on any atom is 0.330 e. The number of aromatic nitrogens is 2. The average Bonchev–Trinajstić information content (AvgIpc) is 2.95. The first-order chi connectivity index (χ1) is 12.7. The molecule has 8 heteroatoms. The molecule has 1 aromatic heterocycles. The number of aryl methyl sites for hydroxylation is 3. The van der Waals surface area contributed by atoms with Crippen LogP contribution in [0.5, 0.6) is 5.75 Å². The lowest BCUT2D eigenvalue weighted by Crippen LogP contribution is -2.20. The van der Waals surface area contributed by atoms with E-state index in [0.717, 1.165) is 5.56 Å². The van der Waals surface area contributed by atoms with Crippen LogP contribution in [0.15, 0.2) is 52.3 Å². The number of benzene rings is 2. The van der Waals surface area contributed by atoms with Gasteiger partial charge in [-0.1, -0.05) is 12.1 Å². The van der Waals surface area contributed by atoms with Crippen LogP contribution in [-0.4, -0.2) is 25.1 Å². The molecule has 0 unspecified atom stereocenters. The van der Waals surface area contributed by atoms with Gasteiger partial charge in [0.05, 0.1) is 23.4 Å². The summed E-state index contributed by atoms with van der Waals surface area (Å²) in [6.07, 6.45) is 1.57. The highest BCUT2D eigenvalue weighted by molar-refractivity contribution is 7.92. The number of nitrogens with one attached hydrogen (secondary N) is 2. The first kappa shape index (κ1) is 18.8. The fourth-order valence-corrected chi connectivity index (χ4v) is 4.37. The Morgan fingerprint density at radius 2 is 1.78 bits per heavy atom. The van der Waals surface area contributed by atoms with E-state index < -0.39 is 10.0 Å². The van der Waals surface area contributed by atoms with E-state index in [9.17, 15) is 13.2 Å². The van der Waals surface area contributed by atoms with E-state index in [1.165, 1.54) is 4.57 Å². The monoisotopic (exact) mass is 387 g/mol. The van der Waals surface area contributed by atoms with E-state index in [1.54, 1.807) is 70.5 Å². The van der Waals surface area contributed by atoms with Gasteiger partial charge in [-0.05, 0) is 56.2 Å². The predicted molar refractivity (Wildman–Crippen MR) is 104 cm³/mol. The predicted octanol–water partition coefficient (Wildman–Crippen LogP) is 2.90. The van der Waals surface area contributed by atoms with Crippen LogP contribution in [0.25, 0.3) is 5.69 Å². The molecule has 27 heavy (non-hydrogen) atoms. The molecule has 0 saturated heterocycles. The third-order valence-corrected chi connectivity index (χ3v) is 5.84. The minimum Gasteiger partial charge on any atom is -0.496 e. The van der Waals surface area contributed by atoms with Gasteiger partial charge in [-0.3, -0.25) is 9.29 Å². The Morgan fingerprint density at radius 1 is 1.07 bits per heavy atom. The molecule has 0 aliphatic rings. The molecule has 142 valence electrons. The Hall–Kier alpha value is -3.00. The van der Waals surface area contributed by atoms with Crippen molar-refractivity contribution in [2.75, 3.05) is 11.8 Å². The van der Waals surface area contributed by atoms with Crippen LogP contribution in [0.3, 0.4) is 0 Å². The van der Waals surface area contributed by atoms with Gasteiger partial charge in [0.1, 0.15) is 5.75 Å². The van der Waals surface area contributed by atoms with Crippen molar-refractivity contribution in [1.29, 1.82) is 0 Å². The molecule has 0 atom stereocenters. The molecule has 0 saturated carbocycles. The highest BCUT2D eigenvalue weighted by Gasteiger charge is 2.21. The zero-order chi connectivity index (χ0) is 19.8. The molecular formula is C19H21N3O4S. The SMILES string of the molecule is COc1cc(C)c(S(=O)(=O)Nc2ccccc2-n2c(C)c[nH]c2=O)cc1C. The summed E-state index contributed by atoms with van der Waals surface area (Å²) in [6, 6.07) is 10.0. The second kappa shape index (κ2) is 6.96. The molecule has 0 spiro atoms. The smallest absolute Gasteiger partial charge is 0.330 e. The normalized spacial score (nSPS) is 11.4. The van der Waals surface area contributed by atoms with Crippen molar-refractivity contribution in [3.63, 3.8) is 0 Å². The Morgan fingerprint density at radius 3 is 2.41 bits per heavy atom. The van der Waals surface area contributed by atoms with Gasteiger partial charge in [-0.25, -0.2) is 13.2 Å².